The Bertz CT molecular complexity index is 1160. The molecule has 4 aliphatic carbocycles. The predicted molar refractivity (Wildman–Crippen MR) is 130 cm³/mol. The maximum atomic E-state index is 13.6. The second kappa shape index (κ2) is 9.12. The number of benzene rings is 1. The van der Waals surface area contributed by atoms with Crippen molar-refractivity contribution in [3.8, 4) is 0 Å². The van der Waals surface area contributed by atoms with Gasteiger partial charge >= 0.3 is 12.4 Å². The van der Waals surface area contributed by atoms with Gasteiger partial charge in [-0.15, -0.1) is 0 Å². The quantitative estimate of drug-likeness (QED) is 0.385. The van der Waals surface area contributed by atoms with Crippen molar-refractivity contribution < 1.29 is 35.9 Å². The summed E-state index contributed by atoms with van der Waals surface area (Å²) in [5.41, 5.74) is -3.92. The Morgan fingerprint density at radius 3 is 2.34 bits per heavy atom. The first kappa shape index (κ1) is 27.3. The number of halogens is 6. The monoisotopic (exact) mass is 541 g/mol. The van der Waals surface area contributed by atoms with Gasteiger partial charge in [0, 0.05) is 12.3 Å². The molecule has 0 spiro atoms. The largest absolute Gasteiger partial charge is 0.418 e. The number of alkyl halides is 6. The lowest BCUT2D eigenvalue weighted by atomic mass is 9.47. The van der Waals surface area contributed by atoms with Crippen molar-refractivity contribution in [2.45, 2.75) is 77.6 Å². The summed E-state index contributed by atoms with van der Waals surface area (Å²) in [4.78, 5) is 25.6. The van der Waals surface area contributed by atoms with Crippen LogP contribution in [0.25, 0.3) is 0 Å². The van der Waals surface area contributed by atoms with E-state index in [1.54, 1.807) is 6.08 Å². The maximum Gasteiger partial charge on any atom is 0.418 e. The van der Waals surface area contributed by atoms with Crippen LogP contribution < -0.4 is 5.32 Å². The second-order valence-electron chi connectivity index (χ2n) is 12.3. The standard InChI is InChI=1S/C29H33F6NO2/c1-26-13-11-18(37)6-3-16(26)4-7-19-20-9-10-23(27(20,2)14-12-21(19)26)25(38)36-24-15-17(28(30,31)32)5-8-22(24)29(33,34)35/h5,8,11,13,15-16,19-21,23H,3-4,6-7,9-10,12,14H2,1-2H3,(H,36,38)/t16?,19?,20?,21?,23?,26-,27-/m0/s1. The molecule has 0 heterocycles. The van der Waals surface area contributed by atoms with Crippen molar-refractivity contribution in [2.75, 3.05) is 5.32 Å². The minimum absolute atomic E-state index is 0.101. The Hall–Kier alpha value is -2.32. The van der Waals surface area contributed by atoms with Crippen molar-refractivity contribution in [1.82, 2.24) is 0 Å². The van der Waals surface area contributed by atoms with Gasteiger partial charge in [0.25, 0.3) is 0 Å². The van der Waals surface area contributed by atoms with Crippen molar-refractivity contribution in [3.63, 3.8) is 0 Å². The van der Waals surface area contributed by atoms with Crippen LogP contribution >= 0.6 is 0 Å². The van der Waals surface area contributed by atoms with Gasteiger partial charge in [-0.3, -0.25) is 9.59 Å². The van der Waals surface area contributed by atoms with E-state index >= 15 is 0 Å². The third-order valence-electron chi connectivity index (χ3n) is 10.6. The van der Waals surface area contributed by atoms with Crippen LogP contribution in [-0.2, 0) is 21.9 Å². The van der Waals surface area contributed by atoms with E-state index in [0.717, 1.165) is 38.5 Å². The van der Waals surface area contributed by atoms with Crippen molar-refractivity contribution >= 4 is 17.4 Å². The van der Waals surface area contributed by atoms with E-state index in [9.17, 15) is 35.9 Å². The molecule has 1 amide bonds. The molecule has 0 radical (unpaired) electrons. The average molecular weight is 542 g/mol. The molecule has 0 aromatic heterocycles. The molecule has 38 heavy (non-hydrogen) atoms. The zero-order chi connectivity index (χ0) is 27.7. The summed E-state index contributed by atoms with van der Waals surface area (Å²) < 4.78 is 80.6. The number of nitrogens with one attached hydrogen (secondary N) is 1. The van der Waals surface area contributed by atoms with Gasteiger partial charge in [0.1, 0.15) is 0 Å². The van der Waals surface area contributed by atoms with Gasteiger partial charge in [-0.25, -0.2) is 0 Å². The number of rotatable bonds is 2. The normalized spacial score (nSPS) is 37.2. The molecule has 3 nitrogen and oxygen atoms in total. The number of ketones is 1. The molecule has 208 valence electrons. The molecule has 7 atom stereocenters. The smallest absolute Gasteiger partial charge is 0.325 e. The number of amides is 1. The topological polar surface area (TPSA) is 46.2 Å². The molecule has 1 aromatic carbocycles. The van der Waals surface area contributed by atoms with Crippen LogP contribution in [0.5, 0.6) is 0 Å². The summed E-state index contributed by atoms with van der Waals surface area (Å²) in [5, 5.41) is 2.26. The van der Waals surface area contributed by atoms with Crippen molar-refractivity contribution in [1.29, 1.82) is 0 Å². The number of fused-ring (bicyclic) bond motifs is 5. The molecule has 5 rings (SSSR count). The minimum Gasteiger partial charge on any atom is -0.325 e. The van der Waals surface area contributed by atoms with Gasteiger partial charge in [0.05, 0.1) is 16.8 Å². The highest BCUT2D eigenvalue weighted by molar-refractivity contribution is 5.94. The van der Waals surface area contributed by atoms with Gasteiger partial charge in [-0.1, -0.05) is 19.9 Å². The van der Waals surface area contributed by atoms with E-state index in [1.165, 1.54) is 0 Å². The van der Waals surface area contributed by atoms with E-state index < -0.39 is 46.4 Å². The molecule has 0 saturated heterocycles. The van der Waals surface area contributed by atoms with Gasteiger partial charge in [-0.05, 0) is 104 Å². The fraction of sp³-hybridized carbons (Fsp3) is 0.655. The third kappa shape index (κ3) is 4.47. The molecule has 9 heteroatoms. The Kier molecular flexibility index (Phi) is 6.54. The lowest BCUT2D eigenvalue weighted by molar-refractivity contribution is -0.141. The summed E-state index contributed by atoms with van der Waals surface area (Å²) in [7, 11) is 0. The van der Waals surface area contributed by atoms with Crippen LogP contribution in [0.3, 0.4) is 0 Å². The first-order valence-electron chi connectivity index (χ1n) is 13.5. The molecule has 1 aromatic rings. The van der Waals surface area contributed by atoms with Crippen LogP contribution in [0.2, 0.25) is 0 Å². The lowest BCUT2D eigenvalue weighted by Gasteiger charge is -2.58. The summed E-state index contributed by atoms with van der Waals surface area (Å²) in [6, 6.07) is 1.15. The van der Waals surface area contributed by atoms with Crippen LogP contribution in [0.4, 0.5) is 32.0 Å². The third-order valence-corrected chi connectivity index (χ3v) is 10.6. The number of hydrogen-bond acceptors (Lipinski definition) is 2. The van der Waals surface area contributed by atoms with Crippen LogP contribution in [0, 0.1) is 40.4 Å². The summed E-state index contributed by atoms with van der Waals surface area (Å²) in [6.45, 7) is 4.28. The zero-order valence-corrected chi connectivity index (χ0v) is 21.5. The second-order valence-corrected chi connectivity index (χ2v) is 12.3. The van der Waals surface area contributed by atoms with Crippen LogP contribution in [0.15, 0.2) is 30.4 Å². The Morgan fingerprint density at radius 2 is 1.66 bits per heavy atom. The zero-order valence-electron chi connectivity index (χ0n) is 21.5. The van der Waals surface area contributed by atoms with Crippen LogP contribution in [-0.4, -0.2) is 11.7 Å². The number of carbonyl (C=O) groups is 2. The summed E-state index contributed by atoms with van der Waals surface area (Å²) in [5.74, 6) is 0.263. The first-order chi connectivity index (χ1) is 17.6. The van der Waals surface area contributed by atoms with E-state index in [2.05, 4.69) is 18.3 Å². The maximum absolute atomic E-state index is 13.6. The SMILES string of the molecule is C[C@]12C=CC(=O)CCC1CCC1C2CC[C@]2(C)C(C(=O)Nc3cc(C(F)(F)F)ccc3C(F)(F)F)CCC12. The molecule has 3 saturated carbocycles. The lowest BCUT2D eigenvalue weighted by Crippen LogP contribution is -2.52. The molecule has 3 fully saturated rings. The Balaban J connectivity index is 1.40. The van der Waals surface area contributed by atoms with E-state index in [1.807, 2.05) is 6.92 Å². The Morgan fingerprint density at radius 1 is 0.921 bits per heavy atom. The number of anilines is 1. The van der Waals surface area contributed by atoms with E-state index in [4.69, 9.17) is 0 Å². The summed E-state index contributed by atoms with van der Waals surface area (Å²) >= 11 is 0. The van der Waals surface area contributed by atoms with Gasteiger partial charge in [-0.2, -0.15) is 26.3 Å². The molecular weight excluding hydrogens is 508 g/mol. The number of carbonyl (C=O) groups excluding carboxylic acids is 2. The molecule has 0 aliphatic heterocycles. The van der Waals surface area contributed by atoms with Gasteiger partial charge in [0.15, 0.2) is 5.78 Å². The predicted octanol–water partition coefficient (Wildman–Crippen LogP) is 8.06. The number of allylic oxidation sites excluding steroid dienone is 2. The van der Waals surface area contributed by atoms with E-state index in [-0.39, 0.29) is 17.1 Å². The minimum atomic E-state index is -4.91. The van der Waals surface area contributed by atoms with Crippen molar-refractivity contribution in [2.24, 2.45) is 40.4 Å². The number of hydrogen-bond donors (Lipinski definition) is 1. The fourth-order valence-electron chi connectivity index (χ4n) is 8.58. The first-order valence-corrected chi connectivity index (χ1v) is 13.5. The molecule has 4 aliphatic rings. The Labute approximate surface area is 218 Å². The molecule has 1 N–H and O–H groups in total. The average Bonchev–Trinajstić information content (AvgIpc) is 3.10. The molecule has 0 bridgehead atoms. The van der Waals surface area contributed by atoms with E-state index in [0.29, 0.717) is 48.8 Å². The van der Waals surface area contributed by atoms with Gasteiger partial charge < -0.3 is 5.32 Å². The van der Waals surface area contributed by atoms with Gasteiger partial charge in [0.2, 0.25) is 5.91 Å². The molecular formula is C29H33F6NO2. The summed E-state index contributed by atoms with van der Waals surface area (Å²) in [6.07, 6.45) is 0.341. The van der Waals surface area contributed by atoms with Crippen LogP contribution in [0.1, 0.15) is 76.3 Å². The van der Waals surface area contributed by atoms with Crippen molar-refractivity contribution in [3.05, 3.63) is 41.5 Å². The highest BCUT2D eigenvalue weighted by Crippen LogP contribution is 2.66. The highest BCUT2D eigenvalue weighted by atomic mass is 19.4. The fourth-order valence-corrected chi connectivity index (χ4v) is 8.58. The molecule has 5 unspecified atom stereocenters. The highest BCUT2D eigenvalue weighted by Gasteiger charge is 2.60.